The van der Waals surface area contributed by atoms with E-state index in [0.717, 1.165) is 26.4 Å². The van der Waals surface area contributed by atoms with E-state index in [1.807, 2.05) is 0 Å². The molecule has 0 radical (unpaired) electrons. The van der Waals surface area contributed by atoms with E-state index in [1.54, 1.807) is 0 Å². The van der Waals surface area contributed by atoms with Crippen LogP contribution in [0.1, 0.15) is 58.3 Å². The molecule has 6 heteroatoms. The first-order chi connectivity index (χ1) is 14.3. The Kier molecular flexibility index (Phi) is 11.3. The lowest BCUT2D eigenvalue weighted by atomic mass is 10.3. The number of nitrogens with zero attached hydrogens (tertiary/aromatic N) is 5. The SMILES string of the molecule is CCCNCCCN1CN(CCCN2CCCC2)CN(CCCN2CCCC2)C1. The van der Waals surface area contributed by atoms with Gasteiger partial charge in [-0.15, -0.1) is 0 Å². The molecule has 0 aromatic carbocycles. The first kappa shape index (κ1) is 23.4. The number of hydrogen-bond donors (Lipinski definition) is 1. The maximum atomic E-state index is 3.56. The third kappa shape index (κ3) is 9.19. The zero-order valence-electron chi connectivity index (χ0n) is 19.3. The van der Waals surface area contributed by atoms with Crippen molar-refractivity contribution in [2.45, 2.75) is 58.3 Å². The summed E-state index contributed by atoms with van der Waals surface area (Å²) < 4.78 is 0. The molecule has 0 saturated carbocycles. The van der Waals surface area contributed by atoms with Crippen LogP contribution in [0, 0.1) is 0 Å². The molecule has 0 amide bonds. The molecule has 0 unspecified atom stereocenters. The highest BCUT2D eigenvalue weighted by molar-refractivity contribution is 4.73. The van der Waals surface area contributed by atoms with Crippen molar-refractivity contribution in [1.82, 2.24) is 29.8 Å². The molecule has 3 aliphatic heterocycles. The monoisotopic (exact) mass is 408 g/mol. The fourth-order valence-corrected chi connectivity index (χ4v) is 5.18. The molecule has 0 atom stereocenters. The molecule has 3 rings (SSSR count). The largest absolute Gasteiger partial charge is 0.317 e. The summed E-state index contributed by atoms with van der Waals surface area (Å²) in [6, 6.07) is 0. The van der Waals surface area contributed by atoms with Gasteiger partial charge in [0.1, 0.15) is 0 Å². The average Bonchev–Trinajstić information content (AvgIpc) is 3.42. The number of nitrogens with one attached hydrogen (secondary N) is 1. The summed E-state index contributed by atoms with van der Waals surface area (Å²) >= 11 is 0. The van der Waals surface area contributed by atoms with E-state index in [9.17, 15) is 0 Å². The molecule has 3 aliphatic rings. The number of hydrogen-bond acceptors (Lipinski definition) is 6. The Balaban J connectivity index is 1.37. The van der Waals surface area contributed by atoms with E-state index in [4.69, 9.17) is 0 Å². The van der Waals surface area contributed by atoms with Crippen LogP contribution in [0.4, 0.5) is 0 Å². The van der Waals surface area contributed by atoms with Crippen LogP contribution in [-0.2, 0) is 0 Å². The summed E-state index contributed by atoms with van der Waals surface area (Å²) in [6.45, 7) is 19.7. The van der Waals surface area contributed by atoms with Gasteiger partial charge in [-0.25, -0.2) is 0 Å². The van der Waals surface area contributed by atoms with Gasteiger partial charge < -0.3 is 15.1 Å². The third-order valence-corrected chi connectivity index (χ3v) is 6.75. The highest BCUT2D eigenvalue weighted by Crippen LogP contribution is 2.13. The Bertz CT molecular complexity index is 378. The van der Waals surface area contributed by atoms with Crippen molar-refractivity contribution >= 4 is 0 Å². The second-order valence-corrected chi connectivity index (χ2v) is 9.52. The first-order valence-corrected chi connectivity index (χ1v) is 12.7. The van der Waals surface area contributed by atoms with Crippen molar-refractivity contribution in [2.24, 2.45) is 0 Å². The first-order valence-electron chi connectivity index (χ1n) is 12.7. The van der Waals surface area contributed by atoms with Gasteiger partial charge in [0.25, 0.3) is 0 Å². The predicted molar refractivity (Wildman–Crippen MR) is 123 cm³/mol. The van der Waals surface area contributed by atoms with Crippen LogP contribution < -0.4 is 5.32 Å². The lowest BCUT2D eigenvalue weighted by Crippen LogP contribution is -2.55. The van der Waals surface area contributed by atoms with Crippen molar-refractivity contribution < 1.29 is 0 Å². The second-order valence-electron chi connectivity index (χ2n) is 9.52. The van der Waals surface area contributed by atoms with Crippen LogP contribution in [0.25, 0.3) is 0 Å². The Morgan fingerprint density at radius 2 is 0.931 bits per heavy atom. The highest BCUT2D eigenvalue weighted by atomic mass is 15.5. The van der Waals surface area contributed by atoms with Crippen LogP contribution in [-0.4, -0.2) is 116 Å². The third-order valence-electron chi connectivity index (χ3n) is 6.75. The van der Waals surface area contributed by atoms with E-state index >= 15 is 0 Å². The van der Waals surface area contributed by atoms with Gasteiger partial charge >= 0.3 is 0 Å². The minimum absolute atomic E-state index is 1.16. The van der Waals surface area contributed by atoms with E-state index in [2.05, 4.69) is 36.7 Å². The van der Waals surface area contributed by atoms with Crippen molar-refractivity contribution in [1.29, 1.82) is 0 Å². The van der Waals surface area contributed by atoms with Crippen molar-refractivity contribution in [3.05, 3.63) is 0 Å². The van der Waals surface area contributed by atoms with Gasteiger partial charge in [-0.05, 0) is 104 Å². The van der Waals surface area contributed by atoms with Gasteiger partial charge in [-0.1, -0.05) is 6.92 Å². The molecule has 0 aliphatic carbocycles. The number of likely N-dealkylation sites (tertiary alicyclic amines) is 2. The van der Waals surface area contributed by atoms with Gasteiger partial charge in [0.05, 0.1) is 20.0 Å². The van der Waals surface area contributed by atoms with E-state index in [-0.39, 0.29) is 0 Å². The van der Waals surface area contributed by atoms with Crippen molar-refractivity contribution in [3.8, 4) is 0 Å². The van der Waals surface area contributed by atoms with Gasteiger partial charge in [-0.2, -0.15) is 0 Å². The Morgan fingerprint density at radius 3 is 1.38 bits per heavy atom. The fourth-order valence-electron chi connectivity index (χ4n) is 5.18. The van der Waals surface area contributed by atoms with E-state index in [0.29, 0.717) is 0 Å². The minimum atomic E-state index is 1.16. The van der Waals surface area contributed by atoms with E-state index < -0.39 is 0 Å². The molecule has 0 aromatic heterocycles. The normalized spacial score (nSPS) is 23.5. The second kappa shape index (κ2) is 13.9. The zero-order chi connectivity index (χ0) is 20.2. The Hall–Kier alpha value is -0.240. The topological polar surface area (TPSA) is 28.2 Å². The van der Waals surface area contributed by atoms with Crippen molar-refractivity contribution in [3.63, 3.8) is 0 Å². The van der Waals surface area contributed by atoms with Gasteiger partial charge in [-0.3, -0.25) is 14.7 Å². The summed E-state index contributed by atoms with van der Waals surface area (Å²) in [6.07, 6.45) is 10.8. The molecule has 0 aromatic rings. The maximum absolute atomic E-state index is 3.56. The highest BCUT2D eigenvalue weighted by Gasteiger charge is 2.23. The van der Waals surface area contributed by atoms with Gasteiger partial charge in [0.15, 0.2) is 0 Å². The zero-order valence-corrected chi connectivity index (χ0v) is 19.3. The molecule has 6 nitrogen and oxygen atoms in total. The summed E-state index contributed by atoms with van der Waals surface area (Å²) in [5.74, 6) is 0. The van der Waals surface area contributed by atoms with Gasteiger partial charge in [0, 0.05) is 19.6 Å². The molecule has 3 fully saturated rings. The molecule has 0 bridgehead atoms. The quantitative estimate of drug-likeness (QED) is 0.443. The molecule has 29 heavy (non-hydrogen) atoms. The minimum Gasteiger partial charge on any atom is -0.317 e. The summed E-state index contributed by atoms with van der Waals surface area (Å²) in [4.78, 5) is 13.4. The van der Waals surface area contributed by atoms with Crippen LogP contribution in [0.15, 0.2) is 0 Å². The van der Waals surface area contributed by atoms with Crippen LogP contribution in [0.3, 0.4) is 0 Å². The molecule has 170 valence electrons. The Labute approximate surface area is 180 Å². The maximum Gasteiger partial charge on any atom is 0.0530 e. The predicted octanol–water partition coefficient (Wildman–Crippen LogP) is 2.14. The standard InChI is InChI=1S/C23H48N6/c1-2-10-24-11-7-16-27-21-28(19-8-17-25-12-3-4-13-25)23-29(22-27)20-9-18-26-14-5-6-15-26/h24H,2-23H2,1H3. The van der Waals surface area contributed by atoms with Crippen LogP contribution in [0.2, 0.25) is 0 Å². The fraction of sp³-hybridized carbons (Fsp3) is 1.00. The van der Waals surface area contributed by atoms with Crippen molar-refractivity contribution in [2.75, 3.05) is 92.0 Å². The van der Waals surface area contributed by atoms with Gasteiger partial charge in [0.2, 0.25) is 0 Å². The van der Waals surface area contributed by atoms with Crippen LogP contribution >= 0.6 is 0 Å². The average molecular weight is 409 g/mol. The molecular formula is C23H48N6. The van der Waals surface area contributed by atoms with E-state index in [1.165, 1.54) is 117 Å². The summed E-state index contributed by atoms with van der Waals surface area (Å²) in [7, 11) is 0. The lowest BCUT2D eigenvalue weighted by Gasteiger charge is -2.42. The summed E-state index contributed by atoms with van der Waals surface area (Å²) in [5.41, 5.74) is 0. The smallest absolute Gasteiger partial charge is 0.0530 e. The van der Waals surface area contributed by atoms with Crippen LogP contribution in [0.5, 0.6) is 0 Å². The Morgan fingerprint density at radius 1 is 0.517 bits per heavy atom. The molecule has 3 saturated heterocycles. The molecular weight excluding hydrogens is 360 g/mol. The molecule has 1 N–H and O–H groups in total. The molecule has 3 heterocycles. The lowest BCUT2D eigenvalue weighted by molar-refractivity contribution is -0.0317. The summed E-state index contributed by atoms with van der Waals surface area (Å²) in [5, 5.41) is 3.56. The molecule has 0 spiro atoms. The number of rotatable bonds is 14.